The van der Waals surface area contributed by atoms with Crippen LogP contribution < -0.4 is 0 Å². The van der Waals surface area contributed by atoms with Crippen molar-refractivity contribution in [1.29, 1.82) is 0 Å². The van der Waals surface area contributed by atoms with Crippen molar-refractivity contribution in [1.82, 2.24) is 0 Å². The summed E-state index contributed by atoms with van der Waals surface area (Å²) < 4.78 is 0. The molecule has 1 nitrogen and oxygen atoms in total. The molecule has 58 valence electrons. The quantitative estimate of drug-likeness (QED) is 0.575. The summed E-state index contributed by atoms with van der Waals surface area (Å²) in [6.07, 6.45) is 4.88. The minimum absolute atomic E-state index is 0.407. The molecular formula is C9H16O. The predicted octanol–water partition coefficient (Wildman–Crippen LogP) is 2.40. The highest BCUT2D eigenvalue weighted by molar-refractivity contribution is 5.78. The Morgan fingerprint density at radius 1 is 1.50 bits per heavy atom. The molecule has 0 radical (unpaired) electrons. The van der Waals surface area contributed by atoms with Gasteiger partial charge in [-0.25, -0.2) is 0 Å². The Morgan fingerprint density at radius 2 is 2.20 bits per heavy atom. The molecule has 0 amide bonds. The summed E-state index contributed by atoms with van der Waals surface area (Å²) in [5.74, 6) is 1.52. The minimum Gasteiger partial charge on any atom is -0.300 e. The Labute approximate surface area is 62.8 Å². The van der Waals surface area contributed by atoms with Crippen LogP contribution in [0.15, 0.2) is 0 Å². The van der Waals surface area contributed by atoms with Crippen molar-refractivity contribution in [2.75, 3.05) is 0 Å². The smallest absolute Gasteiger partial charge is 0.133 e. The van der Waals surface area contributed by atoms with Crippen molar-refractivity contribution < 1.29 is 4.79 Å². The highest BCUT2D eigenvalue weighted by Crippen LogP contribution is 2.34. The molecule has 1 saturated carbocycles. The van der Waals surface area contributed by atoms with Crippen molar-refractivity contribution in [3.63, 3.8) is 0 Å². The predicted molar refractivity (Wildman–Crippen MR) is 41.8 cm³/mol. The topological polar surface area (TPSA) is 17.1 Å². The van der Waals surface area contributed by atoms with E-state index in [1.165, 1.54) is 19.3 Å². The molecule has 0 spiro atoms. The third kappa shape index (κ3) is 1.39. The van der Waals surface area contributed by atoms with Crippen LogP contribution in [0.5, 0.6) is 0 Å². The maximum absolute atomic E-state index is 11.0. The van der Waals surface area contributed by atoms with E-state index in [1.54, 1.807) is 6.92 Å². The number of hydrogen-bond acceptors (Lipinski definition) is 1. The minimum atomic E-state index is 0.407. The van der Waals surface area contributed by atoms with Gasteiger partial charge >= 0.3 is 0 Å². The molecule has 0 bridgehead atoms. The van der Waals surface area contributed by atoms with Gasteiger partial charge in [-0.2, -0.15) is 0 Å². The monoisotopic (exact) mass is 140 g/mol. The Bertz CT molecular complexity index is 129. The maximum atomic E-state index is 11.0. The molecule has 0 heterocycles. The van der Waals surface area contributed by atoms with Crippen molar-refractivity contribution in [3.8, 4) is 0 Å². The van der Waals surface area contributed by atoms with E-state index >= 15 is 0 Å². The summed E-state index contributed by atoms with van der Waals surface area (Å²) in [7, 11) is 0. The number of rotatable bonds is 2. The molecule has 0 aliphatic heterocycles. The number of ketones is 1. The zero-order chi connectivity index (χ0) is 7.56. The first-order valence-corrected chi connectivity index (χ1v) is 4.26. The molecule has 1 heteroatoms. The summed E-state index contributed by atoms with van der Waals surface area (Å²) in [4.78, 5) is 11.0. The lowest BCUT2D eigenvalue weighted by Gasteiger charge is -2.13. The molecule has 0 unspecified atom stereocenters. The lowest BCUT2D eigenvalue weighted by molar-refractivity contribution is -0.121. The van der Waals surface area contributed by atoms with Gasteiger partial charge in [0.2, 0.25) is 0 Å². The fraction of sp³-hybridized carbons (Fsp3) is 0.889. The normalized spacial score (nSPS) is 32.6. The molecule has 1 aliphatic rings. The standard InChI is InChI=1S/C9H16O/c1-3-8-5-4-6-9(8)7(2)10/h8-9H,3-6H2,1-2H3/t8-,9+/m0/s1. The summed E-state index contributed by atoms with van der Waals surface area (Å²) in [6.45, 7) is 3.92. The van der Waals surface area contributed by atoms with Crippen LogP contribution in [-0.4, -0.2) is 5.78 Å². The molecule has 0 aromatic heterocycles. The van der Waals surface area contributed by atoms with Crippen molar-refractivity contribution in [3.05, 3.63) is 0 Å². The first-order valence-electron chi connectivity index (χ1n) is 4.26. The fourth-order valence-corrected chi connectivity index (χ4v) is 2.06. The van der Waals surface area contributed by atoms with Crippen LogP contribution in [0.2, 0.25) is 0 Å². The van der Waals surface area contributed by atoms with E-state index in [0.29, 0.717) is 17.6 Å². The molecule has 1 fully saturated rings. The van der Waals surface area contributed by atoms with Crippen LogP contribution in [0.25, 0.3) is 0 Å². The number of Topliss-reactive ketones (excluding diaryl/α,β-unsaturated/α-hetero) is 1. The highest BCUT2D eigenvalue weighted by atomic mass is 16.1. The number of hydrogen-bond donors (Lipinski definition) is 0. The third-order valence-corrected chi connectivity index (χ3v) is 2.71. The summed E-state index contributed by atoms with van der Waals surface area (Å²) >= 11 is 0. The van der Waals surface area contributed by atoms with E-state index in [2.05, 4.69) is 6.92 Å². The average Bonchev–Trinajstić information content (AvgIpc) is 2.33. The van der Waals surface area contributed by atoms with Gasteiger partial charge in [0.25, 0.3) is 0 Å². The lowest BCUT2D eigenvalue weighted by Crippen LogP contribution is -2.14. The molecule has 1 aliphatic carbocycles. The zero-order valence-electron chi connectivity index (χ0n) is 6.89. The summed E-state index contributed by atoms with van der Waals surface area (Å²) in [6, 6.07) is 0. The van der Waals surface area contributed by atoms with Gasteiger partial charge < -0.3 is 0 Å². The zero-order valence-corrected chi connectivity index (χ0v) is 6.89. The maximum Gasteiger partial charge on any atom is 0.133 e. The van der Waals surface area contributed by atoms with Crippen molar-refractivity contribution in [2.24, 2.45) is 11.8 Å². The second-order valence-corrected chi connectivity index (χ2v) is 3.32. The Morgan fingerprint density at radius 3 is 2.60 bits per heavy atom. The van der Waals surface area contributed by atoms with E-state index in [9.17, 15) is 4.79 Å². The van der Waals surface area contributed by atoms with E-state index < -0.39 is 0 Å². The largest absolute Gasteiger partial charge is 0.300 e. The molecular weight excluding hydrogens is 124 g/mol. The van der Waals surface area contributed by atoms with Gasteiger partial charge in [0.15, 0.2) is 0 Å². The van der Waals surface area contributed by atoms with Crippen LogP contribution in [0.3, 0.4) is 0 Å². The SMILES string of the molecule is CC[C@H]1CCC[C@@H]1C(C)=O. The van der Waals surface area contributed by atoms with E-state index in [4.69, 9.17) is 0 Å². The molecule has 0 saturated heterocycles. The fourth-order valence-electron chi connectivity index (χ4n) is 2.06. The molecule has 0 aromatic carbocycles. The number of carbonyl (C=O) groups excluding carboxylic acids is 1. The Kier molecular flexibility index (Phi) is 2.47. The molecule has 1 rings (SSSR count). The van der Waals surface area contributed by atoms with Gasteiger partial charge in [0.1, 0.15) is 5.78 Å². The van der Waals surface area contributed by atoms with Crippen molar-refractivity contribution in [2.45, 2.75) is 39.5 Å². The first kappa shape index (κ1) is 7.77. The van der Waals surface area contributed by atoms with Gasteiger partial charge in [-0.1, -0.05) is 19.8 Å². The Hall–Kier alpha value is -0.330. The highest BCUT2D eigenvalue weighted by Gasteiger charge is 2.28. The first-order chi connectivity index (χ1) is 4.75. The summed E-state index contributed by atoms with van der Waals surface area (Å²) in [5, 5.41) is 0. The van der Waals surface area contributed by atoms with Crippen LogP contribution >= 0.6 is 0 Å². The van der Waals surface area contributed by atoms with Gasteiger partial charge in [-0.15, -0.1) is 0 Å². The van der Waals surface area contributed by atoms with Crippen molar-refractivity contribution >= 4 is 5.78 Å². The van der Waals surface area contributed by atoms with Gasteiger partial charge in [-0.05, 0) is 25.7 Å². The van der Waals surface area contributed by atoms with Crippen LogP contribution in [-0.2, 0) is 4.79 Å². The lowest BCUT2D eigenvalue weighted by atomic mass is 9.91. The molecule has 10 heavy (non-hydrogen) atoms. The average molecular weight is 140 g/mol. The molecule has 0 aromatic rings. The molecule has 0 N–H and O–H groups in total. The van der Waals surface area contributed by atoms with E-state index in [0.717, 1.165) is 6.42 Å². The second-order valence-electron chi connectivity index (χ2n) is 3.32. The van der Waals surface area contributed by atoms with E-state index in [-0.39, 0.29) is 0 Å². The van der Waals surface area contributed by atoms with Crippen LogP contribution in [0.4, 0.5) is 0 Å². The van der Waals surface area contributed by atoms with Gasteiger partial charge in [0, 0.05) is 5.92 Å². The van der Waals surface area contributed by atoms with Gasteiger partial charge in [0.05, 0.1) is 0 Å². The molecule has 2 atom stereocenters. The van der Waals surface area contributed by atoms with Crippen LogP contribution in [0.1, 0.15) is 39.5 Å². The van der Waals surface area contributed by atoms with Gasteiger partial charge in [-0.3, -0.25) is 4.79 Å². The number of carbonyl (C=O) groups is 1. The van der Waals surface area contributed by atoms with Crippen LogP contribution in [0, 0.1) is 11.8 Å². The second kappa shape index (κ2) is 3.18. The Balaban J connectivity index is 2.50. The summed E-state index contributed by atoms with van der Waals surface area (Å²) in [5.41, 5.74) is 0. The van der Waals surface area contributed by atoms with E-state index in [1.807, 2.05) is 0 Å². The third-order valence-electron chi connectivity index (χ3n) is 2.71.